The topological polar surface area (TPSA) is 64.3 Å². The number of hydrogen-bond acceptors (Lipinski definition) is 5. The van der Waals surface area contributed by atoms with E-state index < -0.39 is 12.0 Å². The molecule has 4 rings (SSSR count). The molecule has 154 valence electrons. The van der Waals surface area contributed by atoms with E-state index in [9.17, 15) is 13.2 Å². The SMILES string of the molecule is Cc1c(NCC2(c3ccccc3)CCOCC2)nn2c(C(F)(F)F)nnc2c1C. The number of benzene rings is 1. The molecule has 9 heteroatoms. The summed E-state index contributed by atoms with van der Waals surface area (Å²) in [5.41, 5.74) is 2.51. The molecule has 0 amide bonds. The van der Waals surface area contributed by atoms with Crippen LogP contribution in [0.15, 0.2) is 30.3 Å². The van der Waals surface area contributed by atoms with Gasteiger partial charge in [-0.05, 0) is 37.8 Å². The number of anilines is 1. The zero-order valence-corrected chi connectivity index (χ0v) is 16.3. The molecule has 0 spiro atoms. The highest BCUT2D eigenvalue weighted by molar-refractivity contribution is 5.58. The molecule has 3 aromatic rings. The van der Waals surface area contributed by atoms with Gasteiger partial charge in [-0.1, -0.05) is 30.3 Å². The zero-order chi connectivity index (χ0) is 20.6. The van der Waals surface area contributed by atoms with Crippen molar-refractivity contribution in [1.29, 1.82) is 0 Å². The fourth-order valence-corrected chi connectivity index (χ4v) is 3.85. The minimum Gasteiger partial charge on any atom is -0.381 e. The van der Waals surface area contributed by atoms with Gasteiger partial charge in [-0.15, -0.1) is 15.3 Å². The first-order valence-corrected chi connectivity index (χ1v) is 9.49. The van der Waals surface area contributed by atoms with Crippen LogP contribution in [-0.2, 0) is 16.3 Å². The molecule has 1 aliphatic heterocycles. The first-order chi connectivity index (χ1) is 13.8. The lowest BCUT2D eigenvalue weighted by atomic mass is 9.74. The Bertz CT molecular complexity index is 1010. The van der Waals surface area contributed by atoms with Gasteiger partial charge in [0, 0.05) is 30.7 Å². The Hall–Kier alpha value is -2.68. The van der Waals surface area contributed by atoms with Gasteiger partial charge in [-0.2, -0.15) is 17.7 Å². The molecule has 29 heavy (non-hydrogen) atoms. The summed E-state index contributed by atoms with van der Waals surface area (Å²) in [4.78, 5) is 0. The van der Waals surface area contributed by atoms with Crippen molar-refractivity contribution in [1.82, 2.24) is 19.8 Å². The first-order valence-electron chi connectivity index (χ1n) is 9.49. The van der Waals surface area contributed by atoms with Gasteiger partial charge in [-0.3, -0.25) is 0 Å². The third-order valence-corrected chi connectivity index (χ3v) is 5.78. The van der Waals surface area contributed by atoms with Crippen molar-refractivity contribution in [3.63, 3.8) is 0 Å². The van der Waals surface area contributed by atoms with Crippen LogP contribution in [0.3, 0.4) is 0 Å². The Morgan fingerprint density at radius 1 is 1.07 bits per heavy atom. The number of nitrogens with zero attached hydrogens (tertiary/aromatic N) is 4. The number of ether oxygens (including phenoxy) is 1. The highest BCUT2D eigenvalue weighted by Crippen LogP contribution is 2.36. The third kappa shape index (κ3) is 3.55. The molecule has 0 radical (unpaired) electrons. The molecule has 1 aliphatic rings. The Balaban J connectivity index is 1.70. The van der Waals surface area contributed by atoms with Crippen molar-refractivity contribution < 1.29 is 17.9 Å². The van der Waals surface area contributed by atoms with Gasteiger partial charge < -0.3 is 10.1 Å². The molecule has 0 saturated carbocycles. The number of hydrogen-bond donors (Lipinski definition) is 1. The molecule has 0 atom stereocenters. The van der Waals surface area contributed by atoms with Gasteiger partial charge in [0.2, 0.25) is 0 Å². The molecular formula is C20H22F3N5O. The van der Waals surface area contributed by atoms with E-state index in [0.29, 0.717) is 31.1 Å². The summed E-state index contributed by atoms with van der Waals surface area (Å²) < 4.78 is 46.2. The van der Waals surface area contributed by atoms with Crippen LogP contribution < -0.4 is 5.32 Å². The van der Waals surface area contributed by atoms with Crippen molar-refractivity contribution in [2.24, 2.45) is 0 Å². The van der Waals surface area contributed by atoms with Gasteiger partial charge >= 0.3 is 6.18 Å². The van der Waals surface area contributed by atoms with Crippen molar-refractivity contribution in [2.45, 2.75) is 38.3 Å². The molecule has 1 aromatic carbocycles. The van der Waals surface area contributed by atoms with Crippen LogP contribution in [-0.4, -0.2) is 39.6 Å². The summed E-state index contributed by atoms with van der Waals surface area (Å²) in [6, 6.07) is 10.1. The van der Waals surface area contributed by atoms with E-state index in [-0.39, 0.29) is 11.1 Å². The zero-order valence-electron chi connectivity index (χ0n) is 16.3. The molecule has 0 bridgehead atoms. The summed E-state index contributed by atoms with van der Waals surface area (Å²) in [5.74, 6) is -0.718. The van der Waals surface area contributed by atoms with E-state index in [4.69, 9.17) is 4.74 Å². The number of fused-ring (bicyclic) bond motifs is 1. The summed E-state index contributed by atoms with van der Waals surface area (Å²) >= 11 is 0. The van der Waals surface area contributed by atoms with Crippen LogP contribution in [0.2, 0.25) is 0 Å². The largest absolute Gasteiger partial charge is 0.453 e. The molecule has 1 N–H and O–H groups in total. The predicted octanol–water partition coefficient (Wildman–Crippen LogP) is 3.92. The molecule has 2 aromatic heterocycles. The number of alkyl halides is 3. The number of nitrogens with one attached hydrogen (secondary N) is 1. The Morgan fingerprint density at radius 2 is 1.76 bits per heavy atom. The third-order valence-electron chi connectivity index (χ3n) is 5.78. The van der Waals surface area contributed by atoms with Gasteiger partial charge in [0.1, 0.15) is 5.82 Å². The molecule has 6 nitrogen and oxygen atoms in total. The normalized spacial score (nSPS) is 16.9. The second-order valence-corrected chi connectivity index (χ2v) is 7.47. The van der Waals surface area contributed by atoms with E-state index in [2.05, 4.69) is 32.7 Å². The highest BCUT2D eigenvalue weighted by Gasteiger charge is 2.39. The van der Waals surface area contributed by atoms with Crippen LogP contribution in [0, 0.1) is 13.8 Å². The minimum atomic E-state index is -4.63. The Morgan fingerprint density at radius 3 is 2.41 bits per heavy atom. The lowest BCUT2D eigenvalue weighted by Gasteiger charge is -2.38. The van der Waals surface area contributed by atoms with Crippen LogP contribution in [0.1, 0.15) is 35.4 Å². The van der Waals surface area contributed by atoms with Crippen molar-refractivity contribution in [3.8, 4) is 0 Å². The fraction of sp³-hybridized carbons (Fsp3) is 0.450. The van der Waals surface area contributed by atoms with E-state index in [1.807, 2.05) is 25.1 Å². The lowest BCUT2D eigenvalue weighted by Crippen LogP contribution is -2.40. The number of rotatable bonds is 4. The van der Waals surface area contributed by atoms with Gasteiger partial charge in [0.25, 0.3) is 5.82 Å². The van der Waals surface area contributed by atoms with Crippen molar-refractivity contribution >= 4 is 11.5 Å². The van der Waals surface area contributed by atoms with Crippen LogP contribution in [0.25, 0.3) is 5.65 Å². The van der Waals surface area contributed by atoms with Crippen LogP contribution >= 0.6 is 0 Å². The molecule has 3 heterocycles. The monoisotopic (exact) mass is 405 g/mol. The molecule has 0 aliphatic carbocycles. The Labute approximate surface area is 166 Å². The fourth-order valence-electron chi connectivity index (χ4n) is 3.85. The quantitative estimate of drug-likeness (QED) is 0.713. The van der Waals surface area contributed by atoms with Crippen LogP contribution in [0.5, 0.6) is 0 Å². The number of aromatic nitrogens is 4. The minimum absolute atomic E-state index is 0.115. The molecular weight excluding hydrogens is 383 g/mol. The van der Waals surface area contributed by atoms with Gasteiger partial charge in [-0.25, -0.2) is 0 Å². The average molecular weight is 405 g/mol. The van der Waals surface area contributed by atoms with Crippen LogP contribution in [0.4, 0.5) is 19.0 Å². The predicted molar refractivity (Wildman–Crippen MR) is 102 cm³/mol. The Kier molecular flexibility index (Phi) is 4.94. The van der Waals surface area contributed by atoms with E-state index >= 15 is 0 Å². The van der Waals surface area contributed by atoms with Gasteiger partial charge in [0.05, 0.1) is 0 Å². The molecule has 1 fully saturated rings. The van der Waals surface area contributed by atoms with Gasteiger partial charge in [0.15, 0.2) is 5.65 Å². The van der Waals surface area contributed by atoms with Crippen molar-refractivity contribution in [3.05, 3.63) is 52.8 Å². The highest BCUT2D eigenvalue weighted by atomic mass is 19.4. The lowest BCUT2D eigenvalue weighted by molar-refractivity contribution is -0.146. The second-order valence-electron chi connectivity index (χ2n) is 7.47. The first kappa shape index (κ1) is 19.6. The molecule has 1 saturated heterocycles. The maximum absolute atomic E-state index is 13.3. The standard InChI is InChI=1S/C20H22F3N5O/c1-13-14(2)17-25-26-18(20(21,22)23)28(17)27-16(13)24-12-19(8-10-29-11-9-19)15-6-4-3-5-7-15/h3-7H,8-12H2,1-2H3,(H,24,27). The molecule has 0 unspecified atom stereocenters. The summed E-state index contributed by atoms with van der Waals surface area (Å²) in [6.07, 6.45) is -2.98. The maximum atomic E-state index is 13.3. The van der Waals surface area contributed by atoms with E-state index in [0.717, 1.165) is 22.9 Å². The second kappa shape index (κ2) is 7.29. The summed E-state index contributed by atoms with van der Waals surface area (Å²) in [7, 11) is 0. The average Bonchev–Trinajstić information content (AvgIpc) is 3.15. The van der Waals surface area contributed by atoms with E-state index in [1.54, 1.807) is 6.92 Å². The van der Waals surface area contributed by atoms with Crippen molar-refractivity contribution in [2.75, 3.05) is 25.1 Å². The van der Waals surface area contributed by atoms with E-state index in [1.165, 1.54) is 5.56 Å². The summed E-state index contributed by atoms with van der Waals surface area (Å²) in [6.45, 7) is 5.39. The maximum Gasteiger partial charge on any atom is 0.453 e. The number of halogens is 3. The number of aryl methyl sites for hydroxylation is 1. The smallest absolute Gasteiger partial charge is 0.381 e. The summed E-state index contributed by atoms with van der Waals surface area (Å²) in [5, 5.41) is 14.5.